The molecule has 4 aromatic carbocycles. The van der Waals surface area contributed by atoms with Gasteiger partial charge in [-0.05, 0) is 41.3 Å². The van der Waals surface area contributed by atoms with Crippen molar-refractivity contribution in [2.75, 3.05) is 13.7 Å². The highest BCUT2D eigenvalue weighted by atomic mass is 16.5. The average molecular weight is 408 g/mol. The van der Waals surface area contributed by atoms with Crippen LogP contribution in [0.3, 0.4) is 0 Å². The van der Waals surface area contributed by atoms with Gasteiger partial charge in [0.1, 0.15) is 23.5 Å². The molecule has 0 aliphatic carbocycles. The summed E-state index contributed by atoms with van der Waals surface area (Å²) in [5.74, 6) is 0.307. The lowest BCUT2D eigenvalue weighted by molar-refractivity contribution is -0.136. The van der Waals surface area contributed by atoms with E-state index in [4.69, 9.17) is 13.9 Å². The molecule has 1 heterocycles. The first kappa shape index (κ1) is 18.9. The minimum absolute atomic E-state index is 0.102. The first-order valence-electron chi connectivity index (χ1n) is 10.0. The van der Waals surface area contributed by atoms with Crippen LogP contribution < -0.4 is 4.74 Å². The Morgan fingerprint density at radius 2 is 1.58 bits per heavy atom. The third-order valence-corrected chi connectivity index (χ3v) is 5.32. The van der Waals surface area contributed by atoms with Gasteiger partial charge in [-0.1, -0.05) is 60.7 Å². The van der Waals surface area contributed by atoms with E-state index in [0.29, 0.717) is 5.57 Å². The second kappa shape index (κ2) is 8.00. The number of esters is 1. The van der Waals surface area contributed by atoms with E-state index >= 15 is 0 Å². The summed E-state index contributed by atoms with van der Waals surface area (Å²) < 4.78 is 16.9. The molecular weight excluding hydrogens is 388 g/mol. The van der Waals surface area contributed by atoms with Gasteiger partial charge in [0.15, 0.2) is 0 Å². The molecule has 0 unspecified atom stereocenters. The SMILES string of the molecule is COC(=O)/C(=C/c1ccc2oc3ccccc3c2c1)COc1cccc2ccccc12. The molecule has 0 saturated carbocycles. The number of carbonyl (C=O) groups excluding carboxylic acids is 1. The van der Waals surface area contributed by atoms with Gasteiger partial charge in [-0.3, -0.25) is 0 Å². The second-order valence-corrected chi connectivity index (χ2v) is 7.28. The average Bonchev–Trinajstić information content (AvgIpc) is 3.19. The molecule has 0 spiro atoms. The molecule has 0 amide bonds. The molecule has 4 nitrogen and oxygen atoms in total. The van der Waals surface area contributed by atoms with Crippen molar-refractivity contribution in [2.45, 2.75) is 0 Å². The van der Waals surface area contributed by atoms with Gasteiger partial charge in [0.25, 0.3) is 0 Å². The van der Waals surface area contributed by atoms with Crippen LogP contribution in [0.15, 0.2) is 94.9 Å². The molecule has 1 aromatic heterocycles. The molecular formula is C27H20O4. The first-order chi connectivity index (χ1) is 15.2. The van der Waals surface area contributed by atoms with E-state index in [2.05, 4.69) is 0 Å². The third kappa shape index (κ3) is 3.64. The van der Waals surface area contributed by atoms with Gasteiger partial charge in [0, 0.05) is 16.2 Å². The minimum atomic E-state index is -0.419. The Balaban J connectivity index is 1.49. The van der Waals surface area contributed by atoms with Crippen LogP contribution in [0.25, 0.3) is 38.8 Å². The zero-order valence-electron chi connectivity index (χ0n) is 17.0. The monoisotopic (exact) mass is 408 g/mol. The zero-order chi connectivity index (χ0) is 21.2. The van der Waals surface area contributed by atoms with E-state index in [1.165, 1.54) is 7.11 Å². The summed E-state index contributed by atoms with van der Waals surface area (Å²) in [5.41, 5.74) is 2.96. The van der Waals surface area contributed by atoms with Gasteiger partial charge in [-0.25, -0.2) is 4.79 Å². The maximum Gasteiger partial charge on any atom is 0.337 e. The van der Waals surface area contributed by atoms with Crippen LogP contribution in [0.2, 0.25) is 0 Å². The van der Waals surface area contributed by atoms with E-state index in [0.717, 1.165) is 44.0 Å². The summed E-state index contributed by atoms with van der Waals surface area (Å²) >= 11 is 0. The topological polar surface area (TPSA) is 48.7 Å². The van der Waals surface area contributed by atoms with Crippen LogP contribution in [0.4, 0.5) is 0 Å². The number of furan rings is 1. The summed E-state index contributed by atoms with van der Waals surface area (Å²) in [6, 6.07) is 27.6. The lowest BCUT2D eigenvalue weighted by atomic mass is 10.1. The Labute approximate surface area is 179 Å². The number of rotatable bonds is 5. The maximum atomic E-state index is 12.4. The van der Waals surface area contributed by atoms with Crippen LogP contribution in [0.5, 0.6) is 5.75 Å². The molecule has 0 saturated heterocycles. The van der Waals surface area contributed by atoms with Crippen molar-refractivity contribution in [2.24, 2.45) is 0 Å². The number of para-hydroxylation sites is 1. The predicted molar refractivity (Wildman–Crippen MR) is 123 cm³/mol. The number of methoxy groups -OCH3 is 1. The number of carbonyl (C=O) groups is 1. The number of hydrogen-bond acceptors (Lipinski definition) is 4. The highest BCUT2D eigenvalue weighted by molar-refractivity contribution is 6.06. The highest BCUT2D eigenvalue weighted by Gasteiger charge is 2.13. The van der Waals surface area contributed by atoms with E-state index in [9.17, 15) is 4.79 Å². The Kier molecular flexibility index (Phi) is 4.89. The molecule has 0 fully saturated rings. The smallest absolute Gasteiger partial charge is 0.337 e. The number of ether oxygens (including phenoxy) is 2. The summed E-state index contributed by atoms with van der Waals surface area (Å²) in [6.07, 6.45) is 1.80. The molecule has 0 aliphatic rings. The molecule has 0 atom stereocenters. The Morgan fingerprint density at radius 1 is 0.839 bits per heavy atom. The van der Waals surface area contributed by atoms with Crippen LogP contribution in [-0.4, -0.2) is 19.7 Å². The van der Waals surface area contributed by atoms with Crippen molar-refractivity contribution in [1.82, 2.24) is 0 Å². The van der Waals surface area contributed by atoms with Crippen LogP contribution in [0, 0.1) is 0 Å². The van der Waals surface area contributed by atoms with E-state index < -0.39 is 5.97 Å². The molecule has 5 rings (SSSR count). The fourth-order valence-electron chi connectivity index (χ4n) is 3.80. The number of benzene rings is 4. The summed E-state index contributed by atoms with van der Waals surface area (Å²) in [7, 11) is 1.38. The molecule has 0 radical (unpaired) electrons. The van der Waals surface area contributed by atoms with Gasteiger partial charge in [-0.2, -0.15) is 0 Å². The Morgan fingerprint density at radius 3 is 2.45 bits per heavy atom. The maximum absolute atomic E-state index is 12.4. The molecule has 5 aromatic rings. The van der Waals surface area contributed by atoms with Crippen molar-refractivity contribution >= 4 is 44.8 Å². The third-order valence-electron chi connectivity index (χ3n) is 5.32. The number of hydrogen-bond donors (Lipinski definition) is 0. The fourth-order valence-corrected chi connectivity index (χ4v) is 3.80. The highest BCUT2D eigenvalue weighted by Crippen LogP contribution is 2.30. The molecule has 0 aliphatic heterocycles. The quantitative estimate of drug-likeness (QED) is 0.250. The van der Waals surface area contributed by atoms with E-state index in [1.54, 1.807) is 6.08 Å². The van der Waals surface area contributed by atoms with Gasteiger partial charge < -0.3 is 13.9 Å². The van der Waals surface area contributed by atoms with Crippen LogP contribution in [-0.2, 0) is 9.53 Å². The summed E-state index contributed by atoms with van der Waals surface area (Å²) in [5, 5.41) is 4.13. The van der Waals surface area contributed by atoms with Gasteiger partial charge in [0.05, 0.1) is 12.7 Å². The second-order valence-electron chi connectivity index (χ2n) is 7.28. The van der Waals surface area contributed by atoms with E-state index in [1.807, 2.05) is 84.9 Å². The van der Waals surface area contributed by atoms with Crippen molar-refractivity contribution < 1.29 is 18.7 Å². The van der Waals surface area contributed by atoms with Gasteiger partial charge >= 0.3 is 5.97 Å². The van der Waals surface area contributed by atoms with E-state index in [-0.39, 0.29) is 6.61 Å². The minimum Gasteiger partial charge on any atom is -0.488 e. The van der Waals surface area contributed by atoms with Crippen molar-refractivity contribution in [3.63, 3.8) is 0 Å². The molecule has 31 heavy (non-hydrogen) atoms. The number of fused-ring (bicyclic) bond motifs is 4. The molecule has 152 valence electrons. The predicted octanol–water partition coefficient (Wildman–Crippen LogP) is 6.37. The van der Waals surface area contributed by atoms with Gasteiger partial charge in [0.2, 0.25) is 0 Å². The Hall–Kier alpha value is -4.05. The lowest BCUT2D eigenvalue weighted by Gasteiger charge is -2.11. The van der Waals surface area contributed by atoms with Crippen molar-refractivity contribution in [1.29, 1.82) is 0 Å². The normalized spacial score (nSPS) is 11.8. The molecule has 0 N–H and O–H groups in total. The molecule has 4 heteroatoms. The van der Waals surface area contributed by atoms with Crippen molar-refractivity contribution in [3.8, 4) is 5.75 Å². The first-order valence-corrected chi connectivity index (χ1v) is 10.0. The van der Waals surface area contributed by atoms with Gasteiger partial charge in [-0.15, -0.1) is 0 Å². The summed E-state index contributed by atoms with van der Waals surface area (Å²) in [6.45, 7) is 0.102. The van der Waals surface area contributed by atoms with Crippen LogP contribution >= 0.6 is 0 Å². The lowest BCUT2D eigenvalue weighted by Crippen LogP contribution is -2.12. The molecule has 0 bridgehead atoms. The van der Waals surface area contributed by atoms with Crippen molar-refractivity contribution in [3.05, 3.63) is 96.1 Å². The summed E-state index contributed by atoms with van der Waals surface area (Å²) in [4.78, 5) is 12.4. The fraction of sp³-hybridized carbons (Fsp3) is 0.0741. The zero-order valence-corrected chi connectivity index (χ0v) is 17.0. The Bertz CT molecular complexity index is 1440. The standard InChI is InChI=1S/C27H20O4/c1-29-27(28)20(17-30-24-12-6-8-19-7-2-3-9-21(19)24)15-18-13-14-26-23(16-18)22-10-4-5-11-25(22)31-26/h2-16H,17H2,1H3/b20-15+. The largest absolute Gasteiger partial charge is 0.488 e. The van der Waals surface area contributed by atoms with Crippen LogP contribution in [0.1, 0.15) is 5.56 Å².